The second-order valence-corrected chi connectivity index (χ2v) is 7.76. The Hall–Kier alpha value is -2.87. The molecule has 0 bridgehead atoms. The molecule has 2 amide bonds. The average Bonchev–Trinajstić information content (AvgIpc) is 3.31. The van der Waals surface area contributed by atoms with Crippen molar-refractivity contribution in [2.45, 2.75) is 44.9 Å². The molecule has 0 spiro atoms. The molecule has 28 heavy (non-hydrogen) atoms. The summed E-state index contributed by atoms with van der Waals surface area (Å²) in [6, 6.07) is 5.69. The highest BCUT2D eigenvalue weighted by Gasteiger charge is 2.34. The monoisotopic (exact) mass is 382 g/mol. The van der Waals surface area contributed by atoms with Crippen LogP contribution in [0.1, 0.15) is 37.2 Å². The number of nitrogens with one attached hydrogen (secondary N) is 2. The summed E-state index contributed by atoms with van der Waals surface area (Å²) in [6.45, 7) is 5.49. The quantitative estimate of drug-likeness (QED) is 0.645. The van der Waals surface area contributed by atoms with Gasteiger partial charge in [-0.2, -0.15) is 0 Å². The van der Waals surface area contributed by atoms with Crippen molar-refractivity contribution in [3.63, 3.8) is 0 Å². The maximum absolute atomic E-state index is 12.7. The maximum atomic E-state index is 12.7. The highest BCUT2D eigenvalue weighted by atomic mass is 16.3. The van der Waals surface area contributed by atoms with Crippen LogP contribution in [0.15, 0.2) is 36.9 Å². The zero-order valence-corrected chi connectivity index (χ0v) is 16.2. The van der Waals surface area contributed by atoms with Crippen LogP contribution in [0.4, 0.5) is 4.79 Å². The Kier molecular flexibility index (Phi) is 4.80. The van der Waals surface area contributed by atoms with Gasteiger partial charge in [0.25, 0.3) is 0 Å². The molecular weight excluding hydrogens is 356 g/mol. The van der Waals surface area contributed by atoms with E-state index in [4.69, 9.17) is 0 Å². The average molecular weight is 382 g/mol. The van der Waals surface area contributed by atoms with Crippen molar-refractivity contribution >= 4 is 17.1 Å². The summed E-state index contributed by atoms with van der Waals surface area (Å²) in [5.41, 5.74) is 2.22. The molecule has 1 saturated heterocycles. The first kappa shape index (κ1) is 18.5. The summed E-state index contributed by atoms with van der Waals surface area (Å²) in [6.07, 6.45) is 6.32. The number of piperidine rings is 1. The highest BCUT2D eigenvalue weighted by Crippen LogP contribution is 2.25. The van der Waals surface area contributed by atoms with Gasteiger partial charge in [-0.05, 0) is 44.4 Å². The molecule has 1 fully saturated rings. The number of aryl methyl sites for hydroxylation is 1. The van der Waals surface area contributed by atoms with Crippen molar-refractivity contribution in [2.75, 3.05) is 13.1 Å². The molecule has 0 radical (unpaired) electrons. The third kappa shape index (κ3) is 3.87. The van der Waals surface area contributed by atoms with Gasteiger partial charge in [0.15, 0.2) is 0 Å². The molecule has 2 aromatic heterocycles. The molecule has 4 rings (SSSR count). The number of aromatic amines is 1. The van der Waals surface area contributed by atoms with Gasteiger partial charge in [0.1, 0.15) is 5.82 Å². The third-order valence-corrected chi connectivity index (χ3v) is 5.42. The van der Waals surface area contributed by atoms with E-state index >= 15 is 0 Å². The molecule has 8 nitrogen and oxygen atoms in total. The standard InChI is InChI=1S/C20H26N6O2/c1-14-3-4-16-17(11-14)24-18(23-16)15(2)22-19(27)26-8-5-20(28,6-9-26)12-25-10-7-21-13-25/h3-4,7,10-11,13,15,28H,5-6,8-9,12H2,1-2H3,(H,22,27)(H,23,24)/t15-/m1/s1. The normalized spacial score (nSPS) is 17.6. The summed E-state index contributed by atoms with van der Waals surface area (Å²) < 4.78 is 1.88. The third-order valence-electron chi connectivity index (χ3n) is 5.42. The zero-order valence-electron chi connectivity index (χ0n) is 16.2. The number of carbonyl (C=O) groups is 1. The molecular formula is C20H26N6O2. The van der Waals surface area contributed by atoms with Gasteiger partial charge in [-0.25, -0.2) is 14.8 Å². The van der Waals surface area contributed by atoms with Crippen molar-refractivity contribution in [3.05, 3.63) is 48.3 Å². The molecule has 148 valence electrons. The van der Waals surface area contributed by atoms with Crippen LogP contribution < -0.4 is 5.32 Å². The highest BCUT2D eigenvalue weighted by molar-refractivity contribution is 5.77. The summed E-state index contributed by atoms with van der Waals surface area (Å²) >= 11 is 0. The van der Waals surface area contributed by atoms with Crippen LogP contribution >= 0.6 is 0 Å². The Morgan fingerprint density at radius 2 is 2.18 bits per heavy atom. The minimum atomic E-state index is -0.806. The number of aromatic nitrogens is 4. The summed E-state index contributed by atoms with van der Waals surface area (Å²) in [4.78, 5) is 26.3. The maximum Gasteiger partial charge on any atom is 0.317 e. The topological polar surface area (TPSA) is 99.1 Å². The van der Waals surface area contributed by atoms with Crippen molar-refractivity contribution in [2.24, 2.45) is 0 Å². The van der Waals surface area contributed by atoms with Gasteiger partial charge >= 0.3 is 6.03 Å². The van der Waals surface area contributed by atoms with Crippen LogP contribution in [-0.2, 0) is 6.54 Å². The van der Waals surface area contributed by atoms with Crippen molar-refractivity contribution in [1.29, 1.82) is 0 Å². The molecule has 3 aromatic rings. The fourth-order valence-corrected chi connectivity index (χ4v) is 3.70. The number of nitrogens with zero attached hydrogens (tertiary/aromatic N) is 4. The van der Waals surface area contributed by atoms with Crippen LogP contribution in [-0.4, -0.2) is 54.2 Å². The van der Waals surface area contributed by atoms with E-state index in [9.17, 15) is 9.90 Å². The van der Waals surface area contributed by atoms with Crippen molar-refractivity contribution in [3.8, 4) is 0 Å². The molecule has 1 atom stereocenters. The number of carbonyl (C=O) groups excluding carboxylic acids is 1. The number of benzene rings is 1. The van der Waals surface area contributed by atoms with E-state index in [2.05, 4.69) is 20.3 Å². The van der Waals surface area contributed by atoms with Gasteiger partial charge in [0.05, 0.1) is 35.5 Å². The molecule has 1 aliphatic rings. The smallest absolute Gasteiger partial charge is 0.317 e. The second kappa shape index (κ2) is 7.27. The predicted octanol–water partition coefficient (Wildman–Crippen LogP) is 2.37. The summed E-state index contributed by atoms with van der Waals surface area (Å²) in [7, 11) is 0. The number of aliphatic hydroxyl groups is 1. The van der Waals surface area contributed by atoms with Gasteiger partial charge in [0, 0.05) is 25.5 Å². The molecule has 1 aromatic carbocycles. The van der Waals surface area contributed by atoms with Gasteiger partial charge in [0.2, 0.25) is 0 Å². The Morgan fingerprint density at radius 3 is 2.89 bits per heavy atom. The molecule has 3 N–H and O–H groups in total. The lowest BCUT2D eigenvalue weighted by molar-refractivity contribution is -0.0259. The van der Waals surface area contributed by atoms with Crippen molar-refractivity contribution in [1.82, 2.24) is 29.7 Å². The Balaban J connectivity index is 1.34. The number of H-pyrrole nitrogens is 1. The van der Waals surface area contributed by atoms with E-state index in [1.807, 2.05) is 42.8 Å². The van der Waals surface area contributed by atoms with E-state index in [1.54, 1.807) is 17.4 Å². The SMILES string of the molecule is Cc1ccc2nc([C@@H](C)NC(=O)N3CCC(O)(Cn4ccnc4)CC3)[nH]c2c1. The van der Waals surface area contributed by atoms with Gasteiger partial charge in [-0.1, -0.05) is 6.07 Å². The molecule has 0 saturated carbocycles. The number of imidazole rings is 2. The Labute approximate surface area is 163 Å². The first-order valence-electron chi connectivity index (χ1n) is 9.62. The van der Waals surface area contributed by atoms with E-state index in [1.165, 1.54) is 0 Å². The lowest BCUT2D eigenvalue weighted by Crippen LogP contribution is -2.51. The fourth-order valence-electron chi connectivity index (χ4n) is 3.70. The zero-order chi connectivity index (χ0) is 19.7. The summed E-state index contributed by atoms with van der Waals surface area (Å²) in [5, 5.41) is 13.8. The number of urea groups is 1. The Bertz CT molecular complexity index is 956. The number of amides is 2. The van der Waals surface area contributed by atoms with Crippen LogP contribution in [0.2, 0.25) is 0 Å². The number of likely N-dealkylation sites (tertiary alicyclic amines) is 1. The van der Waals surface area contributed by atoms with E-state index < -0.39 is 5.60 Å². The van der Waals surface area contributed by atoms with Crippen molar-refractivity contribution < 1.29 is 9.90 Å². The number of fused-ring (bicyclic) bond motifs is 1. The number of rotatable bonds is 4. The largest absolute Gasteiger partial charge is 0.388 e. The molecule has 8 heteroatoms. The molecule has 0 unspecified atom stereocenters. The Morgan fingerprint density at radius 1 is 1.39 bits per heavy atom. The minimum absolute atomic E-state index is 0.131. The van der Waals surface area contributed by atoms with E-state index in [-0.39, 0.29) is 12.1 Å². The summed E-state index contributed by atoms with van der Waals surface area (Å²) in [5.74, 6) is 0.738. The fraction of sp³-hybridized carbons (Fsp3) is 0.450. The van der Waals surface area contributed by atoms with Gasteiger partial charge in [-0.15, -0.1) is 0 Å². The van der Waals surface area contributed by atoms with Gasteiger partial charge < -0.3 is 24.9 Å². The van der Waals surface area contributed by atoms with Gasteiger partial charge in [-0.3, -0.25) is 0 Å². The number of hydrogen-bond donors (Lipinski definition) is 3. The predicted molar refractivity (Wildman–Crippen MR) is 106 cm³/mol. The second-order valence-electron chi connectivity index (χ2n) is 7.76. The lowest BCUT2D eigenvalue weighted by atomic mass is 9.91. The van der Waals surface area contributed by atoms with E-state index in [0.717, 1.165) is 22.4 Å². The minimum Gasteiger partial charge on any atom is -0.388 e. The first-order valence-corrected chi connectivity index (χ1v) is 9.62. The van der Waals surface area contributed by atoms with Crippen LogP contribution in [0.3, 0.4) is 0 Å². The molecule has 1 aliphatic heterocycles. The lowest BCUT2D eigenvalue weighted by Gasteiger charge is -2.38. The van der Waals surface area contributed by atoms with Crippen LogP contribution in [0.25, 0.3) is 11.0 Å². The van der Waals surface area contributed by atoms with Crippen LogP contribution in [0.5, 0.6) is 0 Å². The first-order chi connectivity index (χ1) is 13.4. The van der Waals surface area contributed by atoms with E-state index in [0.29, 0.717) is 32.5 Å². The molecule has 3 heterocycles. The van der Waals surface area contributed by atoms with Crippen LogP contribution in [0, 0.1) is 6.92 Å². The number of hydrogen-bond acceptors (Lipinski definition) is 4. The molecule has 0 aliphatic carbocycles.